The Morgan fingerprint density at radius 2 is 2.14 bits per heavy atom. The zero-order chi connectivity index (χ0) is 15.4. The molecule has 6 heteroatoms. The summed E-state index contributed by atoms with van der Waals surface area (Å²) < 4.78 is 17.0. The van der Waals surface area contributed by atoms with Crippen LogP contribution in [0.3, 0.4) is 0 Å². The highest BCUT2D eigenvalue weighted by Crippen LogP contribution is 2.46. The van der Waals surface area contributed by atoms with Crippen molar-refractivity contribution in [2.75, 3.05) is 51.9 Å². The van der Waals surface area contributed by atoms with E-state index < -0.39 is 0 Å². The Morgan fingerprint density at radius 1 is 1.36 bits per heavy atom. The third kappa shape index (κ3) is 3.96. The molecular formula is C16H27NO4S. The smallest absolute Gasteiger partial charge is 0.248 e. The minimum atomic E-state index is 0.125. The van der Waals surface area contributed by atoms with Crippen molar-refractivity contribution in [1.29, 1.82) is 0 Å². The summed E-state index contributed by atoms with van der Waals surface area (Å²) >= 11 is 1.99. The number of hydrogen-bond donors (Lipinski definition) is 0. The Bertz CT molecular complexity index is 380. The average Bonchev–Trinajstić information content (AvgIpc) is 2.95. The van der Waals surface area contributed by atoms with Crippen LogP contribution in [0.4, 0.5) is 0 Å². The lowest BCUT2D eigenvalue weighted by Crippen LogP contribution is -2.61. The first-order valence-electron chi connectivity index (χ1n) is 8.39. The van der Waals surface area contributed by atoms with Crippen LogP contribution >= 0.6 is 11.8 Å². The van der Waals surface area contributed by atoms with Crippen molar-refractivity contribution >= 4 is 17.7 Å². The van der Waals surface area contributed by atoms with E-state index in [0.29, 0.717) is 18.6 Å². The number of rotatable bonds is 6. The molecule has 3 rings (SSSR count). The van der Waals surface area contributed by atoms with E-state index in [1.807, 2.05) is 23.6 Å². The fourth-order valence-electron chi connectivity index (χ4n) is 3.42. The quantitative estimate of drug-likeness (QED) is 0.740. The van der Waals surface area contributed by atoms with E-state index in [0.717, 1.165) is 57.9 Å². The van der Waals surface area contributed by atoms with Crippen molar-refractivity contribution in [2.24, 2.45) is 5.92 Å². The molecule has 0 aromatic heterocycles. The second-order valence-electron chi connectivity index (χ2n) is 6.60. The van der Waals surface area contributed by atoms with Gasteiger partial charge in [-0.1, -0.05) is 0 Å². The highest BCUT2D eigenvalue weighted by Gasteiger charge is 2.50. The topological polar surface area (TPSA) is 48.0 Å². The third-order valence-corrected chi connectivity index (χ3v) is 6.40. The molecule has 3 aliphatic heterocycles. The number of ether oxygens (including phenoxy) is 3. The summed E-state index contributed by atoms with van der Waals surface area (Å²) in [5.41, 5.74) is 0. The molecule has 0 aromatic rings. The van der Waals surface area contributed by atoms with Gasteiger partial charge in [0.1, 0.15) is 6.61 Å². The van der Waals surface area contributed by atoms with E-state index in [2.05, 4.69) is 0 Å². The van der Waals surface area contributed by atoms with Crippen LogP contribution in [0.2, 0.25) is 0 Å². The van der Waals surface area contributed by atoms with Crippen LogP contribution < -0.4 is 0 Å². The fraction of sp³-hybridized carbons (Fsp3) is 0.938. The van der Waals surface area contributed by atoms with E-state index >= 15 is 0 Å². The molecule has 3 aliphatic rings. The highest BCUT2D eigenvalue weighted by atomic mass is 32.2. The van der Waals surface area contributed by atoms with Gasteiger partial charge in [-0.15, -0.1) is 11.8 Å². The summed E-state index contributed by atoms with van der Waals surface area (Å²) in [6.45, 7) is 7.10. The van der Waals surface area contributed by atoms with Crippen LogP contribution in [0.1, 0.15) is 26.2 Å². The fourth-order valence-corrected chi connectivity index (χ4v) is 4.97. The molecule has 3 saturated heterocycles. The monoisotopic (exact) mass is 329 g/mol. The van der Waals surface area contributed by atoms with Crippen LogP contribution in [0, 0.1) is 5.92 Å². The molecule has 126 valence electrons. The molecule has 3 fully saturated rings. The van der Waals surface area contributed by atoms with Crippen molar-refractivity contribution in [1.82, 2.24) is 4.90 Å². The van der Waals surface area contributed by atoms with Gasteiger partial charge in [-0.2, -0.15) is 0 Å². The molecule has 0 aliphatic carbocycles. The van der Waals surface area contributed by atoms with Gasteiger partial charge in [-0.25, -0.2) is 0 Å². The number of hydrogen-bond acceptors (Lipinski definition) is 5. The normalized spacial score (nSPS) is 28.0. The summed E-state index contributed by atoms with van der Waals surface area (Å²) in [5, 5.41) is 0. The van der Waals surface area contributed by atoms with Crippen LogP contribution in [-0.2, 0) is 19.0 Å². The number of thioether (sulfide) groups is 1. The Balaban J connectivity index is 1.35. The van der Waals surface area contributed by atoms with Crippen molar-refractivity contribution in [3.8, 4) is 0 Å². The standard InChI is InChI=1S/C16H27NO4S/c1-2-19-9-15(18)17-11-16(12-17)7-14(10-22-16)21-8-13-3-5-20-6-4-13/h13-14H,2-12H2,1H3. The molecule has 0 bridgehead atoms. The van der Waals surface area contributed by atoms with Crippen LogP contribution in [0.5, 0.6) is 0 Å². The summed E-state index contributed by atoms with van der Waals surface area (Å²) in [6.07, 6.45) is 3.70. The zero-order valence-corrected chi connectivity index (χ0v) is 14.2. The van der Waals surface area contributed by atoms with Crippen molar-refractivity contribution in [2.45, 2.75) is 37.0 Å². The average molecular weight is 329 g/mol. The molecule has 0 N–H and O–H groups in total. The van der Waals surface area contributed by atoms with Crippen molar-refractivity contribution in [3.63, 3.8) is 0 Å². The van der Waals surface area contributed by atoms with Gasteiger partial charge in [0, 0.05) is 45.3 Å². The first-order chi connectivity index (χ1) is 10.7. The molecule has 1 amide bonds. The van der Waals surface area contributed by atoms with Gasteiger partial charge < -0.3 is 19.1 Å². The minimum absolute atomic E-state index is 0.125. The molecule has 1 spiro atoms. The van der Waals surface area contributed by atoms with Gasteiger partial charge in [0.05, 0.1) is 10.9 Å². The van der Waals surface area contributed by atoms with Gasteiger partial charge in [0.15, 0.2) is 0 Å². The van der Waals surface area contributed by atoms with E-state index in [9.17, 15) is 4.79 Å². The summed E-state index contributed by atoms with van der Waals surface area (Å²) in [4.78, 5) is 13.8. The SMILES string of the molecule is CCOCC(=O)N1CC2(CC(OCC3CCOCC3)CS2)C1. The van der Waals surface area contributed by atoms with Crippen LogP contribution in [-0.4, -0.2) is 73.5 Å². The summed E-state index contributed by atoms with van der Waals surface area (Å²) in [5.74, 6) is 1.86. The van der Waals surface area contributed by atoms with E-state index in [-0.39, 0.29) is 17.3 Å². The lowest BCUT2D eigenvalue weighted by atomic mass is 9.92. The maximum absolute atomic E-state index is 11.9. The largest absolute Gasteiger partial charge is 0.381 e. The van der Waals surface area contributed by atoms with Gasteiger partial charge in [-0.05, 0) is 32.1 Å². The zero-order valence-electron chi connectivity index (χ0n) is 13.4. The van der Waals surface area contributed by atoms with E-state index in [4.69, 9.17) is 14.2 Å². The molecule has 1 unspecified atom stereocenters. The van der Waals surface area contributed by atoms with Crippen molar-refractivity contribution in [3.05, 3.63) is 0 Å². The van der Waals surface area contributed by atoms with Crippen LogP contribution in [0.15, 0.2) is 0 Å². The Morgan fingerprint density at radius 3 is 2.86 bits per heavy atom. The number of carbonyl (C=O) groups is 1. The van der Waals surface area contributed by atoms with E-state index in [1.54, 1.807) is 0 Å². The maximum atomic E-state index is 11.9. The highest BCUT2D eigenvalue weighted by molar-refractivity contribution is 8.01. The lowest BCUT2D eigenvalue weighted by molar-refractivity contribution is -0.141. The molecule has 3 heterocycles. The van der Waals surface area contributed by atoms with Gasteiger partial charge in [0.2, 0.25) is 5.91 Å². The molecule has 0 aromatic carbocycles. The first-order valence-corrected chi connectivity index (χ1v) is 9.38. The number of nitrogens with zero attached hydrogens (tertiary/aromatic N) is 1. The Labute approximate surface area is 137 Å². The molecular weight excluding hydrogens is 302 g/mol. The maximum Gasteiger partial charge on any atom is 0.248 e. The number of likely N-dealkylation sites (tertiary alicyclic amines) is 1. The molecule has 5 nitrogen and oxygen atoms in total. The number of amides is 1. The summed E-state index contributed by atoms with van der Waals surface area (Å²) in [7, 11) is 0. The molecule has 0 saturated carbocycles. The van der Waals surface area contributed by atoms with Gasteiger partial charge in [0.25, 0.3) is 0 Å². The predicted molar refractivity (Wildman–Crippen MR) is 86.2 cm³/mol. The molecule has 0 radical (unpaired) electrons. The van der Waals surface area contributed by atoms with Gasteiger partial charge in [-0.3, -0.25) is 4.79 Å². The van der Waals surface area contributed by atoms with E-state index in [1.165, 1.54) is 0 Å². The Hall–Kier alpha value is -0.300. The predicted octanol–water partition coefficient (Wildman–Crippen LogP) is 1.55. The van der Waals surface area contributed by atoms with Gasteiger partial charge >= 0.3 is 0 Å². The minimum Gasteiger partial charge on any atom is -0.381 e. The third-order valence-electron chi connectivity index (χ3n) is 4.82. The Kier molecular flexibility index (Phi) is 5.65. The number of carbonyl (C=O) groups excluding carboxylic acids is 1. The summed E-state index contributed by atoms with van der Waals surface area (Å²) in [6, 6.07) is 0. The first kappa shape index (κ1) is 16.6. The van der Waals surface area contributed by atoms with Crippen molar-refractivity contribution < 1.29 is 19.0 Å². The second kappa shape index (κ2) is 7.51. The second-order valence-corrected chi connectivity index (χ2v) is 8.08. The molecule has 22 heavy (non-hydrogen) atoms. The lowest BCUT2D eigenvalue weighted by Gasteiger charge is -2.47. The molecule has 1 atom stereocenters. The van der Waals surface area contributed by atoms with Crippen LogP contribution in [0.25, 0.3) is 0 Å².